The van der Waals surface area contributed by atoms with Gasteiger partial charge in [-0.1, -0.05) is 6.07 Å². The minimum absolute atomic E-state index is 0.412. The molecule has 6 nitrogen and oxygen atoms in total. The summed E-state index contributed by atoms with van der Waals surface area (Å²) in [5.41, 5.74) is 0.728. The molecule has 1 amide bonds. The van der Waals surface area contributed by atoms with Crippen molar-refractivity contribution in [3.63, 3.8) is 0 Å². The van der Waals surface area contributed by atoms with Gasteiger partial charge in [0.1, 0.15) is 5.60 Å². The molecule has 2 aromatic rings. The van der Waals surface area contributed by atoms with Crippen LogP contribution in [0.1, 0.15) is 19.4 Å². The molecular weight excluding hydrogens is 248 g/mol. The number of hydrogen-bond donors (Lipinski definition) is 3. The molecule has 102 valence electrons. The van der Waals surface area contributed by atoms with E-state index in [0.29, 0.717) is 24.1 Å². The van der Waals surface area contributed by atoms with Gasteiger partial charge in [0.25, 0.3) is 5.91 Å². The van der Waals surface area contributed by atoms with Crippen molar-refractivity contribution >= 4 is 17.0 Å². The monoisotopic (exact) mass is 264 g/mol. The summed E-state index contributed by atoms with van der Waals surface area (Å²) in [5.74, 6) is -0.896. The number of hydrogen-bond acceptors (Lipinski definition) is 4. The van der Waals surface area contributed by atoms with Crippen LogP contribution in [0.15, 0.2) is 27.4 Å². The summed E-state index contributed by atoms with van der Waals surface area (Å²) in [7, 11) is 0. The normalized spacial score (nSPS) is 11.7. The van der Waals surface area contributed by atoms with Crippen molar-refractivity contribution in [1.82, 2.24) is 10.3 Å². The van der Waals surface area contributed by atoms with Crippen molar-refractivity contribution in [3.05, 3.63) is 34.3 Å². The topological polar surface area (TPSA) is 95.3 Å². The third kappa shape index (κ3) is 3.23. The number of aliphatic hydroxyl groups is 1. The van der Waals surface area contributed by atoms with Crippen LogP contribution in [-0.4, -0.2) is 28.1 Å². The van der Waals surface area contributed by atoms with Gasteiger partial charge in [-0.05, 0) is 38.0 Å². The fraction of sp³-hybridized carbons (Fsp3) is 0.385. The molecule has 0 unspecified atom stereocenters. The quantitative estimate of drug-likeness (QED) is 0.751. The van der Waals surface area contributed by atoms with Gasteiger partial charge in [-0.15, -0.1) is 0 Å². The zero-order chi connectivity index (χ0) is 14.0. The lowest BCUT2D eigenvalue weighted by Gasteiger charge is -2.16. The molecule has 1 heterocycles. The van der Waals surface area contributed by atoms with E-state index in [9.17, 15) is 14.7 Å². The van der Waals surface area contributed by atoms with Crippen LogP contribution in [0, 0.1) is 0 Å². The van der Waals surface area contributed by atoms with Gasteiger partial charge in [-0.2, -0.15) is 0 Å². The Bertz CT molecular complexity index is 648. The zero-order valence-electron chi connectivity index (χ0n) is 10.8. The van der Waals surface area contributed by atoms with Gasteiger partial charge < -0.3 is 14.8 Å². The van der Waals surface area contributed by atoms with Gasteiger partial charge in [0.2, 0.25) is 0 Å². The molecule has 0 saturated carbocycles. The third-order valence-corrected chi connectivity index (χ3v) is 2.74. The smallest absolute Gasteiger partial charge is 0.408 e. The third-order valence-electron chi connectivity index (χ3n) is 2.74. The first kappa shape index (κ1) is 13.4. The second kappa shape index (κ2) is 4.89. The van der Waals surface area contributed by atoms with Crippen molar-refractivity contribution < 1.29 is 14.3 Å². The lowest BCUT2D eigenvalue weighted by Crippen LogP contribution is -2.42. The number of benzene rings is 1. The van der Waals surface area contributed by atoms with Crippen LogP contribution in [0.4, 0.5) is 0 Å². The van der Waals surface area contributed by atoms with Crippen LogP contribution in [0.5, 0.6) is 0 Å². The van der Waals surface area contributed by atoms with Gasteiger partial charge in [0, 0.05) is 6.54 Å². The lowest BCUT2D eigenvalue weighted by molar-refractivity contribution is -0.136. The first-order chi connectivity index (χ1) is 8.86. The molecule has 6 heteroatoms. The van der Waals surface area contributed by atoms with Crippen molar-refractivity contribution in [2.75, 3.05) is 6.54 Å². The van der Waals surface area contributed by atoms with E-state index in [1.54, 1.807) is 12.1 Å². The molecule has 0 atom stereocenters. The second-order valence-electron chi connectivity index (χ2n) is 4.91. The highest BCUT2D eigenvalue weighted by molar-refractivity contribution is 5.83. The molecular formula is C13H16N2O4. The molecule has 19 heavy (non-hydrogen) atoms. The number of H-pyrrole nitrogens is 1. The van der Waals surface area contributed by atoms with E-state index in [2.05, 4.69) is 10.3 Å². The van der Waals surface area contributed by atoms with Gasteiger partial charge in [0.15, 0.2) is 5.58 Å². The summed E-state index contributed by atoms with van der Waals surface area (Å²) in [4.78, 5) is 25.0. The number of rotatable bonds is 4. The maximum absolute atomic E-state index is 11.4. The van der Waals surface area contributed by atoms with E-state index in [1.165, 1.54) is 13.8 Å². The Hall–Kier alpha value is -2.08. The number of amides is 1. The maximum atomic E-state index is 11.4. The summed E-state index contributed by atoms with van der Waals surface area (Å²) < 4.78 is 4.90. The first-order valence-corrected chi connectivity index (χ1v) is 5.99. The molecule has 0 radical (unpaired) electrons. The van der Waals surface area contributed by atoms with Crippen LogP contribution in [0.3, 0.4) is 0 Å². The van der Waals surface area contributed by atoms with Crippen molar-refractivity contribution in [2.45, 2.75) is 25.9 Å². The van der Waals surface area contributed by atoms with Crippen LogP contribution < -0.4 is 11.1 Å². The summed E-state index contributed by atoms with van der Waals surface area (Å²) >= 11 is 0. The maximum Gasteiger partial charge on any atom is 0.417 e. The Kier molecular flexibility index (Phi) is 3.44. The van der Waals surface area contributed by atoms with Crippen LogP contribution in [-0.2, 0) is 11.2 Å². The van der Waals surface area contributed by atoms with Gasteiger partial charge >= 0.3 is 5.76 Å². The Morgan fingerprint density at radius 3 is 2.89 bits per heavy atom. The molecule has 0 aliphatic rings. The average molecular weight is 264 g/mol. The molecule has 0 aliphatic heterocycles. The highest BCUT2D eigenvalue weighted by atomic mass is 16.4. The zero-order valence-corrected chi connectivity index (χ0v) is 10.8. The number of carbonyl (C=O) groups is 1. The van der Waals surface area contributed by atoms with Crippen LogP contribution >= 0.6 is 0 Å². The molecule has 1 aromatic heterocycles. The minimum atomic E-state index is -1.38. The Balaban J connectivity index is 1.98. The number of aromatic nitrogens is 1. The Labute approximate surface area is 109 Å². The molecule has 3 N–H and O–H groups in total. The molecule has 2 rings (SSSR count). The highest BCUT2D eigenvalue weighted by Gasteiger charge is 2.22. The SMILES string of the molecule is CC(C)(O)C(=O)NCCc1ccc2oc(=O)[nH]c2c1. The van der Waals surface area contributed by atoms with E-state index in [0.717, 1.165) is 5.56 Å². The van der Waals surface area contributed by atoms with Crippen LogP contribution in [0.25, 0.3) is 11.1 Å². The summed E-state index contributed by atoms with van der Waals surface area (Å²) in [6.45, 7) is 3.28. The van der Waals surface area contributed by atoms with Gasteiger partial charge in [-0.25, -0.2) is 4.79 Å². The summed E-state index contributed by atoms with van der Waals surface area (Å²) in [6.07, 6.45) is 0.602. The molecule has 0 spiro atoms. The Morgan fingerprint density at radius 1 is 1.47 bits per heavy atom. The van der Waals surface area contributed by atoms with Gasteiger partial charge in [-0.3, -0.25) is 9.78 Å². The summed E-state index contributed by atoms with van der Waals surface area (Å²) in [5, 5.41) is 12.1. The molecule has 0 aliphatic carbocycles. The fourth-order valence-corrected chi connectivity index (χ4v) is 1.69. The van der Waals surface area contributed by atoms with Crippen LogP contribution in [0.2, 0.25) is 0 Å². The van der Waals surface area contributed by atoms with E-state index >= 15 is 0 Å². The van der Waals surface area contributed by atoms with Crippen molar-refractivity contribution in [3.8, 4) is 0 Å². The average Bonchev–Trinajstić information content (AvgIpc) is 2.67. The van der Waals surface area contributed by atoms with E-state index in [-0.39, 0.29) is 0 Å². The van der Waals surface area contributed by atoms with E-state index in [4.69, 9.17) is 4.42 Å². The van der Waals surface area contributed by atoms with Gasteiger partial charge in [0.05, 0.1) is 5.52 Å². The molecule has 1 aromatic carbocycles. The number of oxazole rings is 1. The Morgan fingerprint density at radius 2 is 2.21 bits per heavy atom. The lowest BCUT2D eigenvalue weighted by atomic mass is 10.1. The molecule has 0 saturated heterocycles. The largest absolute Gasteiger partial charge is 0.417 e. The highest BCUT2D eigenvalue weighted by Crippen LogP contribution is 2.12. The standard InChI is InChI=1S/C13H16N2O4/c1-13(2,18)11(16)14-6-5-8-3-4-10-9(7-8)15-12(17)19-10/h3-4,7,18H,5-6H2,1-2H3,(H,14,16)(H,15,17). The molecule has 0 bridgehead atoms. The van der Waals surface area contributed by atoms with E-state index in [1.807, 2.05) is 6.07 Å². The fourth-order valence-electron chi connectivity index (χ4n) is 1.69. The number of aromatic amines is 1. The number of carbonyl (C=O) groups excluding carboxylic acids is 1. The predicted octanol–water partition coefficient (Wildman–Crippen LogP) is 0.551. The number of nitrogens with one attached hydrogen (secondary N) is 2. The predicted molar refractivity (Wildman–Crippen MR) is 69.8 cm³/mol. The molecule has 0 fully saturated rings. The van der Waals surface area contributed by atoms with Crippen molar-refractivity contribution in [1.29, 1.82) is 0 Å². The minimum Gasteiger partial charge on any atom is -0.408 e. The second-order valence-corrected chi connectivity index (χ2v) is 4.91. The number of fused-ring (bicyclic) bond motifs is 1. The van der Waals surface area contributed by atoms with Crippen molar-refractivity contribution in [2.24, 2.45) is 0 Å². The first-order valence-electron chi connectivity index (χ1n) is 5.99. The summed E-state index contributed by atoms with van der Waals surface area (Å²) in [6, 6.07) is 5.34. The van der Waals surface area contributed by atoms with E-state index < -0.39 is 17.3 Å².